The van der Waals surface area contributed by atoms with E-state index in [1.54, 1.807) is 24.3 Å². The summed E-state index contributed by atoms with van der Waals surface area (Å²) < 4.78 is 12.4. The molecule has 2 aromatic rings. The van der Waals surface area contributed by atoms with Gasteiger partial charge in [-0.3, -0.25) is 9.59 Å². The molecule has 0 radical (unpaired) electrons. The number of halogens is 2. The number of carbonyl (C=O) groups excluding carboxylic acids is 2. The molecule has 5 aliphatic heterocycles. The number of allylic oxidation sites excluding steroid dienone is 12. The molecule has 0 amide bonds. The minimum Gasteiger partial charge on any atom is -0.427 e. The SMILES string of the molecule is CC(=O)Oc1ccc(Br)c(C2=C3C=CC(=N3)C=C3C=CC(=N3)C(c3cc(OC(C)=O)ccc3Br)=C3C=CC(=N3)C=C3C=CC2=N3)c1. The summed E-state index contributed by atoms with van der Waals surface area (Å²) in [6.45, 7) is 2.74. The predicted octanol–water partition coefficient (Wildman–Crippen LogP) is 8.01. The van der Waals surface area contributed by atoms with Crippen molar-refractivity contribution in [1.82, 2.24) is 0 Å². The fraction of sp³-hybridized carbons (Fsp3) is 0.0556. The number of esters is 2. The number of carbonyl (C=O) groups is 2. The maximum Gasteiger partial charge on any atom is 0.308 e. The number of benzene rings is 2. The summed E-state index contributed by atoms with van der Waals surface area (Å²) in [7, 11) is 0. The van der Waals surface area contributed by atoms with Gasteiger partial charge >= 0.3 is 11.9 Å². The molecule has 0 spiro atoms. The van der Waals surface area contributed by atoms with Crippen LogP contribution in [0, 0.1) is 0 Å². The van der Waals surface area contributed by atoms with Crippen LogP contribution in [0.2, 0.25) is 0 Å². The fourth-order valence-electron chi connectivity index (χ4n) is 5.36. The van der Waals surface area contributed by atoms with Crippen LogP contribution >= 0.6 is 31.9 Å². The molecule has 0 unspecified atom stereocenters. The van der Waals surface area contributed by atoms with Crippen LogP contribution in [0.4, 0.5) is 0 Å². The van der Waals surface area contributed by atoms with Gasteiger partial charge in [0.15, 0.2) is 0 Å². The van der Waals surface area contributed by atoms with Crippen molar-refractivity contribution in [1.29, 1.82) is 0 Å². The highest BCUT2D eigenvalue weighted by atomic mass is 79.9. The van der Waals surface area contributed by atoms with Gasteiger partial charge in [0, 0.05) is 45.1 Å². The molecule has 224 valence electrons. The Hall–Kier alpha value is -5.06. The normalized spacial score (nSPS) is 17.6. The molecule has 46 heavy (non-hydrogen) atoms. The molecule has 0 aromatic heterocycles. The van der Waals surface area contributed by atoms with Crippen molar-refractivity contribution in [3.63, 3.8) is 0 Å². The largest absolute Gasteiger partial charge is 0.427 e. The Kier molecular flexibility index (Phi) is 7.75. The van der Waals surface area contributed by atoms with E-state index in [2.05, 4.69) is 31.9 Å². The molecular weight excluding hydrogens is 712 g/mol. The van der Waals surface area contributed by atoms with Gasteiger partial charge in [0.2, 0.25) is 0 Å². The maximum atomic E-state index is 11.7. The van der Waals surface area contributed by atoms with Crippen LogP contribution in [0.15, 0.2) is 149 Å². The van der Waals surface area contributed by atoms with Crippen molar-refractivity contribution < 1.29 is 19.1 Å². The molecule has 0 aliphatic carbocycles. The monoisotopic (exact) mass is 732 g/mol. The molecule has 0 N–H and O–H groups in total. The Morgan fingerprint density at radius 1 is 0.565 bits per heavy atom. The Bertz CT molecular complexity index is 2010. The molecule has 10 heteroatoms. The number of hydrogen-bond donors (Lipinski definition) is 0. The Morgan fingerprint density at radius 2 is 1.00 bits per heavy atom. The second kappa shape index (κ2) is 12.0. The summed E-state index contributed by atoms with van der Waals surface area (Å²) in [6, 6.07) is 10.7. The fourth-order valence-corrected chi connectivity index (χ4v) is 6.25. The standard InChI is InChI=1S/C36H22Br2N4O4/c1-19(43)45-25-7-9-29(37)27(17-25)35-31-11-3-21(39-31)15-23-5-13-33(41-23)36(28-18-26(46-20(2)44)8-10-30(28)38)34-14-6-24(42-34)16-22-4-12-32(35)40-22/h3-18H,1-2H3. The van der Waals surface area contributed by atoms with Crippen molar-refractivity contribution in [3.8, 4) is 11.5 Å². The number of nitrogens with zero attached hydrogens (tertiary/aromatic N) is 4. The minimum absolute atomic E-state index is 0.407. The van der Waals surface area contributed by atoms with Crippen LogP contribution in [0.3, 0.4) is 0 Å². The third-order valence-electron chi connectivity index (χ3n) is 7.20. The Labute approximate surface area is 281 Å². The first-order valence-electron chi connectivity index (χ1n) is 14.2. The molecular formula is C36H22Br2N4O4. The predicted molar refractivity (Wildman–Crippen MR) is 187 cm³/mol. The van der Waals surface area contributed by atoms with Crippen LogP contribution < -0.4 is 9.47 Å². The van der Waals surface area contributed by atoms with Crippen molar-refractivity contribution in [2.24, 2.45) is 20.0 Å². The average molecular weight is 734 g/mol. The van der Waals surface area contributed by atoms with Crippen LogP contribution in [-0.2, 0) is 9.59 Å². The van der Waals surface area contributed by atoms with E-state index in [0.29, 0.717) is 57.1 Å². The molecule has 0 saturated heterocycles. The van der Waals surface area contributed by atoms with E-state index >= 15 is 0 Å². The highest BCUT2D eigenvalue weighted by Crippen LogP contribution is 2.38. The van der Waals surface area contributed by atoms with Gasteiger partial charge in [0.05, 0.1) is 45.6 Å². The van der Waals surface area contributed by atoms with E-state index < -0.39 is 11.9 Å². The highest BCUT2D eigenvalue weighted by molar-refractivity contribution is 9.10. The molecule has 8 bridgehead atoms. The molecule has 2 aromatic carbocycles. The molecule has 7 rings (SSSR count). The van der Waals surface area contributed by atoms with E-state index in [9.17, 15) is 9.59 Å². The number of hydrogen-bond acceptors (Lipinski definition) is 8. The number of ether oxygens (including phenoxy) is 2. The first kappa shape index (κ1) is 29.6. The van der Waals surface area contributed by atoms with Gasteiger partial charge in [0.25, 0.3) is 0 Å². The lowest BCUT2D eigenvalue weighted by molar-refractivity contribution is -0.132. The second-order valence-corrected chi connectivity index (χ2v) is 12.2. The quantitative estimate of drug-likeness (QED) is 0.235. The first-order valence-corrected chi connectivity index (χ1v) is 15.8. The number of fused-ring (bicyclic) bond motifs is 4. The van der Waals surface area contributed by atoms with Gasteiger partial charge in [-0.05, 0) is 97.2 Å². The van der Waals surface area contributed by atoms with E-state index in [4.69, 9.17) is 29.4 Å². The highest BCUT2D eigenvalue weighted by Gasteiger charge is 2.24. The minimum atomic E-state index is -0.407. The molecule has 0 saturated carbocycles. The van der Waals surface area contributed by atoms with E-state index in [0.717, 1.165) is 31.2 Å². The van der Waals surface area contributed by atoms with Crippen molar-refractivity contribution in [2.45, 2.75) is 13.8 Å². The third-order valence-corrected chi connectivity index (χ3v) is 8.58. The van der Waals surface area contributed by atoms with Gasteiger partial charge in [-0.15, -0.1) is 0 Å². The van der Waals surface area contributed by atoms with Crippen LogP contribution in [-0.4, -0.2) is 34.8 Å². The van der Waals surface area contributed by atoms with E-state index in [1.165, 1.54) is 13.8 Å². The second-order valence-electron chi connectivity index (χ2n) is 10.5. The van der Waals surface area contributed by atoms with Crippen molar-refractivity contribution >= 4 is 77.8 Å². The van der Waals surface area contributed by atoms with Gasteiger partial charge in [-0.1, -0.05) is 31.9 Å². The van der Waals surface area contributed by atoms with E-state index in [1.807, 2.05) is 72.9 Å². The number of aliphatic imine (C=N–C) groups is 4. The van der Waals surface area contributed by atoms with Gasteiger partial charge < -0.3 is 9.47 Å². The summed E-state index contributed by atoms with van der Waals surface area (Å²) in [6.07, 6.45) is 19.3. The topological polar surface area (TPSA) is 102 Å². The van der Waals surface area contributed by atoms with Gasteiger partial charge in [-0.2, -0.15) is 0 Å². The summed E-state index contributed by atoms with van der Waals surface area (Å²) in [5, 5.41) is 0. The zero-order chi connectivity index (χ0) is 31.9. The van der Waals surface area contributed by atoms with Crippen LogP contribution in [0.25, 0.3) is 11.1 Å². The zero-order valence-electron chi connectivity index (χ0n) is 24.4. The molecule has 5 aliphatic rings. The van der Waals surface area contributed by atoms with Crippen molar-refractivity contribution in [3.05, 3.63) is 140 Å². The van der Waals surface area contributed by atoms with Crippen molar-refractivity contribution in [2.75, 3.05) is 0 Å². The number of rotatable bonds is 4. The lowest BCUT2D eigenvalue weighted by atomic mass is 9.98. The first-order chi connectivity index (χ1) is 22.2. The lowest BCUT2D eigenvalue weighted by Gasteiger charge is -2.13. The Balaban J connectivity index is 1.41. The van der Waals surface area contributed by atoms with Crippen LogP contribution in [0.1, 0.15) is 25.0 Å². The molecule has 0 atom stereocenters. The molecule has 5 heterocycles. The molecule has 0 fully saturated rings. The summed E-state index contributed by atoms with van der Waals surface area (Å²) >= 11 is 7.36. The zero-order valence-corrected chi connectivity index (χ0v) is 27.6. The van der Waals surface area contributed by atoms with Gasteiger partial charge in [-0.25, -0.2) is 20.0 Å². The lowest BCUT2D eigenvalue weighted by Crippen LogP contribution is -2.04. The smallest absolute Gasteiger partial charge is 0.308 e. The summed E-state index contributed by atoms with van der Waals surface area (Å²) in [4.78, 5) is 43.2. The Morgan fingerprint density at radius 3 is 1.41 bits per heavy atom. The third kappa shape index (κ3) is 5.96. The van der Waals surface area contributed by atoms with Crippen LogP contribution in [0.5, 0.6) is 11.5 Å². The summed E-state index contributed by atoms with van der Waals surface area (Å²) in [5.74, 6) is 0.0223. The average Bonchev–Trinajstić information content (AvgIpc) is 3.82. The van der Waals surface area contributed by atoms with Gasteiger partial charge in [0.1, 0.15) is 11.5 Å². The summed E-state index contributed by atoms with van der Waals surface area (Å²) in [5.41, 5.74) is 8.73. The molecule has 8 nitrogen and oxygen atoms in total. The van der Waals surface area contributed by atoms with E-state index in [-0.39, 0.29) is 0 Å². The maximum absolute atomic E-state index is 11.7.